The summed E-state index contributed by atoms with van der Waals surface area (Å²) in [5, 5.41) is 4.08. The van der Waals surface area contributed by atoms with Crippen molar-refractivity contribution in [2.24, 2.45) is 7.05 Å². The van der Waals surface area contributed by atoms with Crippen molar-refractivity contribution in [2.75, 3.05) is 7.05 Å². The zero-order chi connectivity index (χ0) is 13.3. The molecule has 0 atom stereocenters. The van der Waals surface area contributed by atoms with Crippen LogP contribution < -0.4 is 0 Å². The van der Waals surface area contributed by atoms with Gasteiger partial charge in [0.05, 0.1) is 17.8 Å². The number of carbonyl (C=O) groups is 1. The summed E-state index contributed by atoms with van der Waals surface area (Å²) in [5.41, 5.74) is 1.61. The highest BCUT2D eigenvalue weighted by atomic mass is 16.3. The van der Waals surface area contributed by atoms with Crippen LogP contribution in [-0.2, 0) is 13.6 Å². The van der Waals surface area contributed by atoms with Crippen LogP contribution in [0.3, 0.4) is 0 Å². The van der Waals surface area contributed by atoms with Crippen LogP contribution in [0.5, 0.6) is 0 Å². The zero-order valence-electron chi connectivity index (χ0n) is 11.1. The summed E-state index contributed by atoms with van der Waals surface area (Å²) < 4.78 is 7.14. The van der Waals surface area contributed by atoms with Gasteiger partial charge in [-0.15, -0.1) is 0 Å². The number of amides is 1. The van der Waals surface area contributed by atoms with Crippen molar-refractivity contribution in [3.8, 4) is 0 Å². The van der Waals surface area contributed by atoms with Crippen LogP contribution in [0.15, 0.2) is 22.7 Å². The molecule has 0 fully saturated rings. The first-order chi connectivity index (χ1) is 8.49. The van der Waals surface area contributed by atoms with Crippen molar-refractivity contribution in [1.82, 2.24) is 14.7 Å². The molecule has 2 rings (SSSR count). The molecule has 0 aliphatic rings. The van der Waals surface area contributed by atoms with Gasteiger partial charge in [-0.25, -0.2) is 0 Å². The number of aryl methyl sites for hydroxylation is 3. The molecule has 96 valence electrons. The lowest BCUT2D eigenvalue weighted by Crippen LogP contribution is -2.27. The highest BCUT2D eigenvalue weighted by molar-refractivity contribution is 5.95. The molecule has 0 saturated heterocycles. The van der Waals surface area contributed by atoms with Crippen molar-refractivity contribution in [1.29, 1.82) is 0 Å². The Labute approximate surface area is 106 Å². The van der Waals surface area contributed by atoms with Crippen LogP contribution in [-0.4, -0.2) is 27.6 Å². The monoisotopic (exact) mass is 247 g/mol. The summed E-state index contributed by atoms with van der Waals surface area (Å²) in [6.45, 7) is 4.17. The topological polar surface area (TPSA) is 51.3 Å². The summed E-state index contributed by atoms with van der Waals surface area (Å²) >= 11 is 0. The van der Waals surface area contributed by atoms with Crippen molar-refractivity contribution in [2.45, 2.75) is 20.4 Å². The van der Waals surface area contributed by atoms with Gasteiger partial charge in [0.25, 0.3) is 5.91 Å². The van der Waals surface area contributed by atoms with Crippen LogP contribution in [0.4, 0.5) is 0 Å². The van der Waals surface area contributed by atoms with Crippen molar-refractivity contribution in [3.05, 3.63) is 41.1 Å². The van der Waals surface area contributed by atoms with E-state index < -0.39 is 0 Å². The molecule has 2 aromatic heterocycles. The summed E-state index contributed by atoms with van der Waals surface area (Å²) in [6, 6.07) is 3.68. The van der Waals surface area contributed by atoms with Gasteiger partial charge in [-0.05, 0) is 26.0 Å². The third-order valence-electron chi connectivity index (χ3n) is 2.94. The van der Waals surface area contributed by atoms with E-state index in [1.807, 2.05) is 20.0 Å². The van der Waals surface area contributed by atoms with E-state index in [4.69, 9.17) is 4.42 Å². The molecule has 5 heteroatoms. The van der Waals surface area contributed by atoms with Crippen LogP contribution >= 0.6 is 0 Å². The zero-order valence-corrected chi connectivity index (χ0v) is 11.1. The van der Waals surface area contributed by atoms with E-state index in [1.54, 1.807) is 35.8 Å². The normalized spacial score (nSPS) is 10.7. The van der Waals surface area contributed by atoms with Gasteiger partial charge in [-0.3, -0.25) is 9.48 Å². The van der Waals surface area contributed by atoms with E-state index in [9.17, 15) is 4.79 Å². The van der Waals surface area contributed by atoms with E-state index in [1.165, 1.54) is 0 Å². The van der Waals surface area contributed by atoms with Crippen molar-refractivity contribution < 1.29 is 9.21 Å². The van der Waals surface area contributed by atoms with E-state index >= 15 is 0 Å². The smallest absolute Gasteiger partial charge is 0.257 e. The van der Waals surface area contributed by atoms with Gasteiger partial charge in [0.2, 0.25) is 0 Å². The molecule has 0 aliphatic heterocycles. The molecule has 2 heterocycles. The summed E-state index contributed by atoms with van der Waals surface area (Å²) in [4.78, 5) is 13.9. The van der Waals surface area contributed by atoms with Crippen LogP contribution in [0, 0.1) is 13.8 Å². The van der Waals surface area contributed by atoms with E-state index in [2.05, 4.69) is 5.10 Å². The fraction of sp³-hybridized carbons (Fsp3) is 0.385. The predicted molar refractivity (Wildman–Crippen MR) is 67.2 cm³/mol. The van der Waals surface area contributed by atoms with Crippen molar-refractivity contribution >= 4 is 5.91 Å². The Morgan fingerprint density at radius 1 is 1.50 bits per heavy atom. The van der Waals surface area contributed by atoms with Gasteiger partial charge >= 0.3 is 0 Å². The number of aromatic nitrogens is 2. The molecule has 0 saturated carbocycles. The molecule has 0 aliphatic carbocycles. The fourth-order valence-corrected chi connectivity index (χ4v) is 1.92. The largest absolute Gasteiger partial charge is 0.466 e. The Bertz CT molecular complexity index is 569. The maximum Gasteiger partial charge on any atom is 0.257 e. The number of rotatable bonds is 3. The molecule has 5 nitrogen and oxygen atoms in total. The van der Waals surface area contributed by atoms with Gasteiger partial charge in [0, 0.05) is 20.3 Å². The average Bonchev–Trinajstić information content (AvgIpc) is 2.85. The minimum Gasteiger partial charge on any atom is -0.466 e. The number of furan rings is 1. The molecule has 0 spiro atoms. The Hall–Kier alpha value is -2.04. The molecule has 0 aromatic carbocycles. The molecule has 1 amide bonds. The molecular formula is C13H17N3O2. The summed E-state index contributed by atoms with van der Waals surface area (Å²) in [6.07, 6.45) is 1.72. The van der Waals surface area contributed by atoms with Crippen LogP contribution in [0.25, 0.3) is 0 Å². The molecule has 0 bridgehead atoms. The predicted octanol–water partition coefficient (Wildman–Crippen LogP) is 1.90. The first-order valence-electron chi connectivity index (χ1n) is 5.78. The Balaban J connectivity index is 2.14. The quantitative estimate of drug-likeness (QED) is 0.832. The standard InChI is InChI=1S/C13H17N3O2/c1-9-7-12(10(2)18-9)13(17)15(3)8-11-5-6-14-16(11)4/h5-7H,8H2,1-4H3. The van der Waals surface area contributed by atoms with Gasteiger partial charge in [-0.1, -0.05) is 0 Å². The van der Waals surface area contributed by atoms with Crippen molar-refractivity contribution in [3.63, 3.8) is 0 Å². The van der Waals surface area contributed by atoms with Gasteiger partial charge in [0.15, 0.2) is 0 Å². The average molecular weight is 247 g/mol. The number of carbonyl (C=O) groups excluding carboxylic acids is 1. The molecule has 0 unspecified atom stereocenters. The lowest BCUT2D eigenvalue weighted by Gasteiger charge is -2.16. The van der Waals surface area contributed by atoms with Gasteiger partial charge in [0.1, 0.15) is 11.5 Å². The highest BCUT2D eigenvalue weighted by Crippen LogP contribution is 2.16. The first kappa shape index (κ1) is 12.4. The SMILES string of the molecule is Cc1cc(C(=O)N(C)Cc2ccnn2C)c(C)o1. The first-order valence-corrected chi connectivity index (χ1v) is 5.78. The second kappa shape index (κ2) is 4.68. The summed E-state index contributed by atoms with van der Waals surface area (Å²) in [5.74, 6) is 1.38. The summed E-state index contributed by atoms with van der Waals surface area (Å²) in [7, 11) is 3.64. The maximum absolute atomic E-state index is 12.3. The fourth-order valence-electron chi connectivity index (χ4n) is 1.92. The third kappa shape index (κ3) is 2.30. The van der Waals surface area contributed by atoms with E-state index in [0.29, 0.717) is 17.9 Å². The van der Waals surface area contributed by atoms with Gasteiger partial charge in [-0.2, -0.15) is 5.10 Å². The van der Waals surface area contributed by atoms with E-state index in [-0.39, 0.29) is 5.91 Å². The van der Waals surface area contributed by atoms with Crippen LogP contribution in [0.1, 0.15) is 27.6 Å². The number of hydrogen-bond donors (Lipinski definition) is 0. The minimum absolute atomic E-state index is 0.0365. The second-order valence-electron chi connectivity index (χ2n) is 4.43. The molecule has 0 radical (unpaired) electrons. The van der Waals surface area contributed by atoms with Crippen LogP contribution in [0.2, 0.25) is 0 Å². The minimum atomic E-state index is -0.0365. The Kier molecular flexibility index (Phi) is 3.23. The lowest BCUT2D eigenvalue weighted by atomic mass is 10.2. The molecule has 0 N–H and O–H groups in total. The van der Waals surface area contributed by atoms with E-state index in [0.717, 1.165) is 11.5 Å². The maximum atomic E-state index is 12.3. The Morgan fingerprint density at radius 2 is 2.22 bits per heavy atom. The lowest BCUT2D eigenvalue weighted by molar-refractivity contribution is 0.0780. The number of hydrogen-bond acceptors (Lipinski definition) is 3. The second-order valence-corrected chi connectivity index (χ2v) is 4.43. The molecule has 2 aromatic rings. The third-order valence-corrected chi connectivity index (χ3v) is 2.94. The molecule has 18 heavy (non-hydrogen) atoms. The van der Waals surface area contributed by atoms with Gasteiger partial charge < -0.3 is 9.32 Å². The Morgan fingerprint density at radius 3 is 2.72 bits per heavy atom. The number of nitrogens with zero attached hydrogens (tertiary/aromatic N) is 3. The highest BCUT2D eigenvalue weighted by Gasteiger charge is 2.18. The molecular weight excluding hydrogens is 230 g/mol.